The number of aryl methyl sites for hydroxylation is 2. The summed E-state index contributed by atoms with van der Waals surface area (Å²) in [4.78, 5) is 46.8. The average molecular weight is 442 g/mol. The molecular formula is C21H23N5O4S. The van der Waals surface area contributed by atoms with Gasteiger partial charge in [0.2, 0.25) is 11.9 Å². The lowest BCUT2D eigenvalue weighted by atomic mass is 9.96. The van der Waals surface area contributed by atoms with Crippen molar-refractivity contribution >= 4 is 41.2 Å². The van der Waals surface area contributed by atoms with Crippen molar-refractivity contribution in [2.24, 2.45) is 0 Å². The van der Waals surface area contributed by atoms with Gasteiger partial charge in [-0.2, -0.15) is 0 Å². The molecule has 0 saturated carbocycles. The molecule has 0 unspecified atom stereocenters. The summed E-state index contributed by atoms with van der Waals surface area (Å²) in [6, 6.07) is 7.00. The second kappa shape index (κ2) is 7.52. The predicted octanol–water partition coefficient (Wildman–Crippen LogP) is 2.08. The van der Waals surface area contributed by atoms with Crippen LogP contribution in [0.4, 0.5) is 11.6 Å². The molecule has 3 atom stereocenters. The van der Waals surface area contributed by atoms with Crippen molar-refractivity contribution in [2.75, 3.05) is 5.32 Å². The van der Waals surface area contributed by atoms with Crippen LogP contribution in [0, 0.1) is 13.8 Å². The highest BCUT2D eigenvalue weighted by Gasteiger charge is 2.64. The smallest absolute Gasteiger partial charge is 0.327 e. The minimum absolute atomic E-state index is 0.367. The third-order valence-electron chi connectivity index (χ3n) is 5.35. The first-order chi connectivity index (χ1) is 14.6. The molecule has 0 bridgehead atoms. The molecule has 162 valence electrons. The fourth-order valence-corrected chi connectivity index (χ4v) is 5.61. The summed E-state index contributed by atoms with van der Waals surface area (Å²) in [6.45, 7) is 7.37. The number of β-lactam (4-membered cyclic amide) rings is 1. The van der Waals surface area contributed by atoms with Gasteiger partial charge in [0.25, 0.3) is 5.91 Å². The largest absolute Gasteiger partial charge is 0.480 e. The summed E-state index contributed by atoms with van der Waals surface area (Å²) < 4.78 is -0.630. The first-order valence-electron chi connectivity index (χ1n) is 9.80. The summed E-state index contributed by atoms with van der Waals surface area (Å²) >= 11 is 1.39. The highest BCUT2D eigenvalue weighted by molar-refractivity contribution is 8.01. The Morgan fingerprint density at radius 2 is 1.74 bits per heavy atom. The van der Waals surface area contributed by atoms with Crippen molar-refractivity contribution in [1.29, 1.82) is 0 Å². The number of nitrogens with one attached hydrogen (secondary N) is 2. The molecule has 10 heteroatoms. The number of nitrogens with zero attached hydrogens (tertiary/aromatic N) is 3. The van der Waals surface area contributed by atoms with Gasteiger partial charge in [0.15, 0.2) is 0 Å². The molecule has 0 radical (unpaired) electrons. The lowest BCUT2D eigenvalue weighted by Crippen LogP contribution is -2.70. The van der Waals surface area contributed by atoms with Crippen LogP contribution in [-0.2, 0) is 9.59 Å². The summed E-state index contributed by atoms with van der Waals surface area (Å²) in [7, 11) is 0. The number of carbonyl (C=O) groups excluding carboxylic acids is 2. The molecule has 31 heavy (non-hydrogen) atoms. The molecule has 1 aromatic carbocycles. The number of rotatable bonds is 5. The highest BCUT2D eigenvalue weighted by atomic mass is 32.2. The van der Waals surface area contributed by atoms with E-state index in [0.717, 1.165) is 17.1 Å². The Balaban J connectivity index is 1.42. The molecule has 0 spiro atoms. The second-order valence-corrected chi connectivity index (χ2v) is 10.00. The van der Waals surface area contributed by atoms with E-state index in [-0.39, 0.29) is 17.2 Å². The van der Waals surface area contributed by atoms with E-state index < -0.39 is 22.8 Å². The number of aromatic nitrogens is 2. The molecule has 2 aliphatic rings. The van der Waals surface area contributed by atoms with Crippen LogP contribution in [0.3, 0.4) is 0 Å². The van der Waals surface area contributed by atoms with Gasteiger partial charge >= 0.3 is 5.97 Å². The zero-order chi connectivity index (χ0) is 22.5. The van der Waals surface area contributed by atoms with Gasteiger partial charge in [-0.25, -0.2) is 14.8 Å². The molecule has 2 aliphatic heterocycles. The van der Waals surface area contributed by atoms with E-state index in [1.54, 1.807) is 38.1 Å². The van der Waals surface area contributed by atoms with Crippen molar-refractivity contribution in [1.82, 2.24) is 20.2 Å². The van der Waals surface area contributed by atoms with Crippen LogP contribution in [0.2, 0.25) is 0 Å². The monoisotopic (exact) mass is 441 g/mol. The number of carboxylic acids is 1. The van der Waals surface area contributed by atoms with Gasteiger partial charge in [-0.1, -0.05) is 0 Å². The van der Waals surface area contributed by atoms with E-state index in [0.29, 0.717) is 11.5 Å². The molecule has 2 amide bonds. The summed E-state index contributed by atoms with van der Waals surface area (Å²) in [5.41, 5.74) is 2.83. The fraction of sp³-hybridized carbons (Fsp3) is 0.381. The maximum absolute atomic E-state index is 12.7. The number of amides is 2. The maximum atomic E-state index is 12.7. The third kappa shape index (κ3) is 3.83. The molecule has 2 fully saturated rings. The van der Waals surface area contributed by atoms with E-state index in [1.165, 1.54) is 16.7 Å². The maximum Gasteiger partial charge on any atom is 0.327 e. The van der Waals surface area contributed by atoms with Gasteiger partial charge in [-0.15, -0.1) is 11.8 Å². The minimum Gasteiger partial charge on any atom is -0.480 e. The Morgan fingerprint density at radius 3 is 2.32 bits per heavy atom. The van der Waals surface area contributed by atoms with Crippen LogP contribution >= 0.6 is 11.8 Å². The molecule has 2 aromatic rings. The lowest BCUT2D eigenvalue weighted by Gasteiger charge is -2.43. The molecule has 4 rings (SSSR count). The van der Waals surface area contributed by atoms with Gasteiger partial charge in [-0.3, -0.25) is 9.59 Å². The van der Waals surface area contributed by atoms with E-state index in [2.05, 4.69) is 20.6 Å². The van der Waals surface area contributed by atoms with Crippen LogP contribution in [0.5, 0.6) is 0 Å². The van der Waals surface area contributed by atoms with Crippen molar-refractivity contribution < 1.29 is 19.5 Å². The Hall–Kier alpha value is -3.14. The van der Waals surface area contributed by atoms with Gasteiger partial charge in [-0.05, 0) is 58.0 Å². The van der Waals surface area contributed by atoms with Gasteiger partial charge in [0.05, 0.1) is 0 Å². The Kier molecular flexibility index (Phi) is 5.12. The molecule has 9 nitrogen and oxygen atoms in total. The Labute approximate surface area is 183 Å². The number of carbonyl (C=O) groups is 3. The number of aliphatic carboxylic acids is 1. The SMILES string of the molecule is Cc1cc(C)nc(Nc2ccc(C(=O)N[C@@H]3C(=O)N4[C@@H]3SC(C)(C)[C@@H]4C(=O)O)cc2)n1. The minimum atomic E-state index is -1.03. The number of benzene rings is 1. The number of hydrogen-bond acceptors (Lipinski definition) is 7. The first kappa shape index (κ1) is 21.1. The van der Waals surface area contributed by atoms with Crippen molar-refractivity contribution in [3.05, 3.63) is 47.3 Å². The number of thioether (sulfide) groups is 1. The van der Waals surface area contributed by atoms with Crippen molar-refractivity contribution in [2.45, 2.75) is 49.9 Å². The fourth-order valence-electron chi connectivity index (χ4n) is 3.99. The molecular weight excluding hydrogens is 418 g/mol. The quantitative estimate of drug-likeness (QED) is 0.603. The Morgan fingerprint density at radius 1 is 1.13 bits per heavy atom. The summed E-state index contributed by atoms with van der Waals surface area (Å²) in [6.07, 6.45) is 0. The number of hydrogen-bond donors (Lipinski definition) is 3. The first-order valence-corrected chi connectivity index (χ1v) is 10.7. The van der Waals surface area contributed by atoms with E-state index >= 15 is 0 Å². The normalized spacial score (nSPS) is 23.7. The molecule has 2 saturated heterocycles. The number of fused-ring (bicyclic) bond motifs is 1. The topological polar surface area (TPSA) is 125 Å². The standard InChI is InChI=1S/C21H23N5O4S/c1-10-9-11(2)23-20(22-10)24-13-7-5-12(6-8-13)16(27)25-14-17(28)26-15(19(29)30)21(3,4)31-18(14)26/h5-9,14-15,18H,1-4H3,(H,25,27)(H,29,30)(H,22,23,24)/t14-,15+,18-/m1/s1. The zero-order valence-corrected chi connectivity index (χ0v) is 18.4. The van der Waals surface area contributed by atoms with Gasteiger partial charge in [0, 0.05) is 27.4 Å². The molecule has 0 aliphatic carbocycles. The van der Waals surface area contributed by atoms with E-state index in [9.17, 15) is 19.5 Å². The van der Waals surface area contributed by atoms with E-state index in [1.807, 2.05) is 19.9 Å². The van der Waals surface area contributed by atoms with Gasteiger partial charge in [0.1, 0.15) is 17.5 Å². The van der Waals surface area contributed by atoms with Crippen molar-refractivity contribution in [3.63, 3.8) is 0 Å². The molecule has 3 heterocycles. The Bertz CT molecular complexity index is 1050. The van der Waals surface area contributed by atoms with Crippen LogP contribution in [0.15, 0.2) is 30.3 Å². The van der Waals surface area contributed by atoms with Crippen molar-refractivity contribution in [3.8, 4) is 0 Å². The number of anilines is 2. The predicted molar refractivity (Wildman–Crippen MR) is 116 cm³/mol. The van der Waals surface area contributed by atoms with Crippen LogP contribution in [0.25, 0.3) is 0 Å². The van der Waals surface area contributed by atoms with Crippen LogP contribution in [-0.4, -0.2) is 60.0 Å². The van der Waals surface area contributed by atoms with Crippen LogP contribution in [0.1, 0.15) is 35.6 Å². The van der Waals surface area contributed by atoms with E-state index in [4.69, 9.17) is 0 Å². The molecule has 3 N–H and O–H groups in total. The summed E-state index contributed by atoms with van der Waals surface area (Å²) in [5.74, 6) is -1.31. The zero-order valence-electron chi connectivity index (χ0n) is 17.5. The van der Waals surface area contributed by atoms with Crippen LogP contribution < -0.4 is 10.6 Å². The lowest BCUT2D eigenvalue weighted by molar-refractivity contribution is -0.159. The summed E-state index contributed by atoms with van der Waals surface area (Å²) in [5, 5.41) is 15.0. The number of carboxylic acid groups (broad SMARTS) is 1. The average Bonchev–Trinajstić information content (AvgIpc) is 2.93. The molecule has 1 aromatic heterocycles. The second-order valence-electron chi connectivity index (χ2n) is 8.23. The van der Waals surface area contributed by atoms with Gasteiger partial charge < -0.3 is 20.6 Å². The highest BCUT2D eigenvalue weighted by Crippen LogP contribution is 2.50. The third-order valence-corrected chi connectivity index (χ3v) is 6.92.